The third kappa shape index (κ3) is 5.01. The first-order chi connectivity index (χ1) is 14.1. The fraction of sp³-hybridized carbons (Fsp3) is 0.304. The minimum Gasteiger partial charge on any atom is -0.451 e. The number of furan rings is 1. The lowest BCUT2D eigenvalue weighted by atomic mass is 10.0. The molecule has 2 amide bonds. The number of hydrogen-bond acceptors (Lipinski definition) is 4. The zero-order chi connectivity index (χ0) is 20.2. The molecule has 0 spiro atoms. The van der Waals surface area contributed by atoms with Gasteiger partial charge in [0.15, 0.2) is 5.76 Å². The SMILES string of the molecule is Cl.NCC1CCCC1NC(=O)Cc1ccc(NC(=O)c2cc3ccccc3o2)cc1. The van der Waals surface area contributed by atoms with Crippen LogP contribution in [0.1, 0.15) is 35.4 Å². The van der Waals surface area contributed by atoms with Crippen LogP contribution in [0.3, 0.4) is 0 Å². The molecule has 1 saturated carbocycles. The molecule has 2 atom stereocenters. The number of hydrogen-bond donors (Lipinski definition) is 3. The van der Waals surface area contributed by atoms with Crippen molar-refractivity contribution in [2.75, 3.05) is 11.9 Å². The lowest BCUT2D eigenvalue weighted by Crippen LogP contribution is -2.40. The van der Waals surface area contributed by atoms with Crippen molar-refractivity contribution in [2.24, 2.45) is 11.7 Å². The summed E-state index contributed by atoms with van der Waals surface area (Å²) in [5.41, 5.74) is 8.01. The molecule has 0 radical (unpaired) electrons. The highest BCUT2D eigenvalue weighted by atomic mass is 35.5. The summed E-state index contributed by atoms with van der Waals surface area (Å²) in [6, 6.07) is 16.7. The van der Waals surface area contributed by atoms with E-state index in [1.807, 2.05) is 36.4 Å². The zero-order valence-corrected chi connectivity index (χ0v) is 17.4. The van der Waals surface area contributed by atoms with Gasteiger partial charge < -0.3 is 20.8 Å². The zero-order valence-electron chi connectivity index (χ0n) is 16.6. The van der Waals surface area contributed by atoms with Crippen molar-refractivity contribution in [1.82, 2.24) is 5.32 Å². The van der Waals surface area contributed by atoms with Crippen LogP contribution in [0.2, 0.25) is 0 Å². The molecule has 4 N–H and O–H groups in total. The molecule has 4 rings (SSSR count). The van der Waals surface area contributed by atoms with Crippen LogP contribution < -0.4 is 16.4 Å². The van der Waals surface area contributed by atoms with Crippen LogP contribution in [-0.2, 0) is 11.2 Å². The van der Waals surface area contributed by atoms with Gasteiger partial charge in [-0.2, -0.15) is 0 Å². The fourth-order valence-corrected chi connectivity index (χ4v) is 3.94. The summed E-state index contributed by atoms with van der Waals surface area (Å²) < 4.78 is 5.59. The number of rotatable bonds is 6. The Hall–Kier alpha value is -2.83. The van der Waals surface area contributed by atoms with Gasteiger partial charge in [0.25, 0.3) is 5.91 Å². The molecule has 7 heteroatoms. The highest BCUT2D eigenvalue weighted by Crippen LogP contribution is 2.25. The van der Waals surface area contributed by atoms with E-state index in [1.54, 1.807) is 18.2 Å². The first-order valence-corrected chi connectivity index (χ1v) is 10.0. The first kappa shape index (κ1) is 21.9. The van der Waals surface area contributed by atoms with Gasteiger partial charge in [-0.3, -0.25) is 9.59 Å². The normalized spacial score (nSPS) is 18.0. The molecule has 1 aromatic heterocycles. The molecule has 0 bridgehead atoms. The average Bonchev–Trinajstić information content (AvgIpc) is 3.35. The largest absolute Gasteiger partial charge is 0.451 e. The summed E-state index contributed by atoms with van der Waals surface area (Å²) in [7, 11) is 0. The lowest BCUT2D eigenvalue weighted by Gasteiger charge is -2.19. The monoisotopic (exact) mass is 427 g/mol. The average molecular weight is 428 g/mol. The van der Waals surface area contributed by atoms with E-state index in [-0.39, 0.29) is 36.0 Å². The van der Waals surface area contributed by atoms with Gasteiger partial charge in [-0.15, -0.1) is 12.4 Å². The Balaban J connectivity index is 0.00000256. The number of carbonyl (C=O) groups is 2. The van der Waals surface area contributed by atoms with E-state index in [2.05, 4.69) is 10.6 Å². The van der Waals surface area contributed by atoms with Crippen molar-refractivity contribution >= 4 is 40.9 Å². The maximum Gasteiger partial charge on any atom is 0.291 e. The van der Waals surface area contributed by atoms with Crippen molar-refractivity contribution < 1.29 is 14.0 Å². The molecule has 30 heavy (non-hydrogen) atoms. The Bertz CT molecular complexity index is 983. The van der Waals surface area contributed by atoms with Crippen LogP contribution in [0.5, 0.6) is 0 Å². The van der Waals surface area contributed by atoms with Crippen LogP contribution >= 0.6 is 12.4 Å². The van der Waals surface area contributed by atoms with E-state index >= 15 is 0 Å². The summed E-state index contributed by atoms with van der Waals surface area (Å²) in [5.74, 6) is 0.352. The van der Waals surface area contributed by atoms with Crippen molar-refractivity contribution in [2.45, 2.75) is 31.7 Å². The van der Waals surface area contributed by atoms with E-state index in [0.29, 0.717) is 30.2 Å². The van der Waals surface area contributed by atoms with Crippen LogP contribution in [0.25, 0.3) is 11.0 Å². The molecule has 3 aromatic rings. The summed E-state index contributed by atoms with van der Waals surface area (Å²) in [6.45, 7) is 0.616. The van der Waals surface area contributed by atoms with Crippen molar-refractivity contribution in [3.05, 3.63) is 65.9 Å². The summed E-state index contributed by atoms with van der Waals surface area (Å²) in [4.78, 5) is 24.7. The van der Waals surface area contributed by atoms with Gasteiger partial charge in [0, 0.05) is 17.1 Å². The minimum absolute atomic E-state index is 0. The van der Waals surface area contributed by atoms with Crippen LogP contribution in [-0.4, -0.2) is 24.4 Å². The minimum atomic E-state index is -0.305. The number of carbonyl (C=O) groups excluding carboxylic acids is 2. The summed E-state index contributed by atoms with van der Waals surface area (Å²) in [5, 5.41) is 6.82. The number of benzene rings is 2. The highest BCUT2D eigenvalue weighted by molar-refractivity contribution is 6.04. The number of halogens is 1. The fourth-order valence-electron chi connectivity index (χ4n) is 3.94. The maximum atomic E-state index is 12.4. The van der Waals surface area contributed by atoms with Gasteiger partial charge >= 0.3 is 0 Å². The number of nitrogens with one attached hydrogen (secondary N) is 2. The molecular weight excluding hydrogens is 402 g/mol. The number of nitrogens with two attached hydrogens (primary N) is 1. The van der Waals surface area contributed by atoms with Crippen LogP contribution in [0, 0.1) is 5.92 Å². The first-order valence-electron chi connectivity index (χ1n) is 10.0. The van der Waals surface area contributed by atoms with Crippen molar-refractivity contribution in [1.29, 1.82) is 0 Å². The third-order valence-corrected chi connectivity index (χ3v) is 5.53. The highest BCUT2D eigenvalue weighted by Gasteiger charge is 2.27. The molecule has 2 aromatic carbocycles. The van der Waals surface area contributed by atoms with Crippen molar-refractivity contribution in [3.8, 4) is 0 Å². The molecule has 158 valence electrons. The topological polar surface area (TPSA) is 97.4 Å². The number of amides is 2. The van der Waals surface area contributed by atoms with Gasteiger partial charge in [-0.25, -0.2) is 0 Å². The molecule has 1 aliphatic rings. The summed E-state index contributed by atoms with van der Waals surface area (Å²) in [6.07, 6.45) is 3.51. The quantitative estimate of drug-likeness (QED) is 0.555. The molecule has 1 aliphatic carbocycles. The van der Waals surface area contributed by atoms with Crippen LogP contribution in [0.15, 0.2) is 59.0 Å². The second-order valence-corrected chi connectivity index (χ2v) is 7.58. The summed E-state index contributed by atoms with van der Waals surface area (Å²) >= 11 is 0. The standard InChI is InChI=1S/C23H25N3O3.ClH/c24-14-17-5-3-6-19(17)26-22(27)12-15-8-10-18(11-9-15)25-23(28)21-13-16-4-1-2-7-20(16)29-21;/h1-2,4,7-11,13,17,19H,3,5-6,12,14,24H2,(H,25,28)(H,26,27);1H. The molecule has 6 nitrogen and oxygen atoms in total. The van der Waals surface area contributed by atoms with Gasteiger partial charge in [-0.05, 0) is 55.1 Å². The Morgan fingerprint density at radius 3 is 2.57 bits per heavy atom. The molecule has 0 saturated heterocycles. The van der Waals surface area contributed by atoms with E-state index in [4.69, 9.17) is 10.2 Å². The Kier molecular flexibility index (Phi) is 7.13. The Morgan fingerprint density at radius 1 is 1.07 bits per heavy atom. The maximum absolute atomic E-state index is 12.4. The smallest absolute Gasteiger partial charge is 0.291 e. The molecule has 1 fully saturated rings. The van der Waals surface area contributed by atoms with Gasteiger partial charge in [0.1, 0.15) is 5.58 Å². The van der Waals surface area contributed by atoms with Gasteiger partial charge in [-0.1, -0.05) is 36.8 Å². The van der Waals surface area contributed by atoms with E-state index in [9.17, 15) is 9.59 Å². The molecule has 0 aliphatic heterocycles. The van der Waals surface area contributed by atoms with E-state index in [1.165, 1.54) is 0 Å². The number of anilines is 1. The lowest BCUT2D eigenvalue weighted by molar-refractivity contribution is -0.121. The Labute approximate surface area is 181 Å². The second-order valence-electron chi connectivity index (χ2n) is 7.58. The molecule has 1 heterocycles. The number of para-hydroxylation sites is 1. The van der Waals surface area contributed by atoms with E-state index < -0.39 is 0 Å². The third-order valence-electron chi connectivity index (χ3n) is 5.53. The molecular formula is C23H26ClN3O3. The predicted molar refractivity (Wildman–Crippen MR) is 120 cm³/mol. The molecule has 2 unspecified atom stereocenters. The Morgan fingerprint density at radius 2 is 1.83 bits per heavy atom. The van der Waals surface area contributed by atoms with Crippen molar-refractivity contribution in [3.63, 3.8) is 0 Å². The van der Waals surface area contributed by atoms with Gasteiger partial charge in [0.05, 0.1) is 6.42 Å². The van der Waals surface area contributed by atoms with Crippen LogP contribution in [0.4, 0.5) is 5.69 Å². The van der Waals surface area contributed by atoms with E-state index in [0.717, 1.165) is 30.2 Å². The predicted octanol–water partition coefficient (Wildman–Crippen LogP) is 3.89. The second kappa shape index (κ2) is 9.78. The van der Waals surface area contributed by atoms with Gasteiger partial charge in [0.2, 0.25) is 5.91 Å². The number of fused-ring (bicyclic) bond motifs is 1.